The predicted molar refractivity (Wildman–Crippen MR) is 75.0 cm³/mol. The van der Waals surface area contributed by atoms with Crippen LogP contribution in [0.1, 0.15) is 40.7 Å². The van der Waals surface area contributed by atoms with Crippen LogP contribution in [-0.2, 0) is 6.42 Å². The smallest absolute Gasteiger partial charge is 0.105 e. The van der Waals surface area contributed by atoms with E-state index in [0.717, 1.165) is 35.8 Å². The van der Waals surface area contributed by atoms with Crippen LogP contribution in [-0.4, -0.2) is 11.5 Å². The minimum absolute atomic E-state index is 0.308. The number of aromatic nitrogens is 1. The molecule has 0 radical (unpaired) electrons. The first-order chi connectivity index (χ1) is 8.70. The molecule has 0 bridgehead atoms. The van der Waals surface area contributed by atoms with Gasteiger partial charge in [0.15, 0.2) is 0 Å². The fourth-order valence-corrected chi connectivity index (χ4v) is 3.08. The third-order valence-corrected chi connectivity index (χ3v) is 4.07. The zero-order chi connectivity index (χ0) is 13.0. The van der Waals surface area contributed by atoms with E-state index in [-0.39, 0.29) is 0 Å². The van der Waals surface area contributed by atoms with Crippen molar-refractivity contribution in [2.45, 2.75) is 39.7 Å². The lowest BCUT2D eigenvalue weighted by atomic mass is 10.1. The highest BCUT2D eigenvalue weighted by molar-refractivity contribution is 7.11. The molecule has 2 heterocycles. The van der Waals surface area contributed by atoms with Gasteiger partial charge in [0, 0.05) is 11.3 Å². The van der Waals surface area contributed by atoms with Crippen molar-refractivity contribution < 1.29 is 4.42 Å². The summed E-state index contributed by atoms with van der Waals surface area (Å²) in [6.07, 6.45) is 3.75. The fourth-order valence-electron chi connectivity index (χ4n) is 2.08. The van der Waals surface area contributed by atoms with Crippen molar-refractivity contribution in [3.05, 3.63) is 39.7 Å². The molecule has 18 heavy (non-hydrogen) atoms. The van der Waals surface area contributed by atoms with Gasteiger partial charge in [-0.25, -0.2) is 4.98 Å². The van der Waals surface area contributed by atoms with Crippen LogP contribution >= 0.6 is 11.3 Å². The van der Waals surface area contributed by atoms with Gasteiger partial charge >= 0.3 is 0 Å². The Morgan fingerprint density at radius 3 is 2.83 bits per heavy atom. The molecule has 2 aromatic heterocycles. The maximum absolute atomic E-state index is 5.46. The topological polar surface area (TPSA) is 38.1 Å². The standard InChI is InChI=1S/C14H20N2OS/c1-4-7-15-13(9-12-6-5-8-17-12)14-10(2)16-11(3)18-14/h5-6,8,13,15H,4,7,9H2,1-3H3. The minimum atomic E-state index is 0.308. The molecule has 3 nitrogen and oxygen atoms in total. The number of hydrogen-bond acceptors (Lipinski definition) is 4. The second-order valence-electron chi connectivity index (χ2n) is 4.47. The number of hydrogen-bond donors (Lipinski definition) is 1. The quantitative estimate of drug-likeness (QED) is 0.865. The minimum Gasteiger partial charge on any atom is -0.469 e. The molecule has 0 amide bonds. The summed E-state index contributed by atoms with van der Waals surface area (Å²) in [6, 6.07) is 4.28. The Morgan fingerprint density at radius 1 is 1.44 bits per heavy atom. The molecule has 0 saturated heterocycles. The Morgan fingerprint density at radius 2 is 2.28 bits per heavy atom. The van der Waals surface area contributed by atoms with Crippen LogP contribution < -0.4 is 5.32 Å². The summed E-state index contributed by atoms with van der Waals surface area (Å²) in [7, 11) is 0. The summed E-state index contributed by atoms with van der Waals surface area (Å²) < 4.78 is 5.46. The predicted octanol–water partition coefficient (Wildman–Crippen LogP) is 3.64. The van der Waals surface area contributed by atoms with E-state index in [1.807, 2.05) is 12.1 Å². The van der Waals surface area contributed by atoms with Crippen molar-refractivity contribution in [2.24, 2.45) is 0 Å². The van der Waals surface area contributed by atoms with Gasteiger partial charge in [0.2, 0.25) is 0 Å². The molecule has 2 rings (SSSR count). The Hall–Kier alpha value is -1.13. The van der Waals surface area contributed by atoms with Gasteiger partial charge in [0.25, 0.3) is 0 Å². The zero-order valence-corrected chi connectivity index (χ0v) is 12.0. The summed E-state index contributed by atoms with van der Waals surface area (Å²) in [5, 5.41) is 4.72. The van der Waals surface area contributed by atoms with Crippen LogP contribution in [0.3, 0.4) is 0 Å². The second-order valence-corrected chi connectivity index (χ2v) is 5.71. The third-order valence-electron chi connectivity index (χ3n) is 2.88. The van der Waals surface area contributed by atoms with Crippen LogP contribution in [0.15, 0.2) is 22.8 Å². The highest BCUT2D eigenvalue weighted by Gasteiger charge is 2.18. The average molecular weight is 264 g/mol. The fraction of sp³-hybridized carbons (Fsp3) is 0.500. The molecular weight excluding hydrogens is 244 g/mol. The first-order valence-electron chi connectivity index (χ1n) is 6.40. The SMILES string of the molecule is CCCNC(Cc1ccco1)c1sc(C)nc1C. The van der Waals surface area contributed by atoms with Gasteiger partial charge in [-0.05, 0) is 38.9 Å². The van der Waals surface area contributed by atoms with Gasteiger partial charge < -0.3 is 9.73 Å². The van der Waals surface area contributed by atoms with E-state index in [4.69, 9.17) is 4.42 Å². The van der Waals surface area contributed by atoms with E-state index in [0.29, 0.717) is 6.04 Å². The summed E-state index contributed by atoms with van der Waals surface area (Å²) in [5.74, 6) is 1.02. The molecule has 2 aromatic rings. The van der Waals surface area contributed by atoms with Gasteiger partial charge in [-0.3, -0.25) is 0 Å². The number of nitrogens with zero attached hydrogens (tertiary/aromatic N) is 1. The molecular formula is C14H20N2OS. The van der Waals surface area contributed by atoms with Gasteiger partial charge in [-0.1, -0.05) is 6.92 Å². The maximum Gasteiger partial charge on any atom is 0.105 e. The van der Waals surface area contributed by atoms with Crippen LogP contribution in [0.5, 0.6) is 0 Å². The first kappa shape index (κ1) is 13.3. The van der Waals surface area contributed by atoms with E-state index in [2.05, 4.69) is 31.1 Å². The number of rotatable bonds is 6. The van der Waals surface area contributed by atoms with E-state index >= 15 is 0 Å². The van der Waals surface area contributed by atoms with Crippen molar-refractivity contribution in [1.29, 1.82) is 0 Å². The molecule has 0 saturated carbocycles. The second kappa shape index (κ2) is 6.16. The Kier molecular flexibility index (Phi) is 4.55. The number of aryl methyl sites for hydroxylation is 2. The summed E-state index contributed by atoms with van der Waals surface area (Å²) in [6.45, 7) is 7.34. The average Bonchev–Trinajstić information content (AvgIpc) is 2.94. The number of nitrogens with one attached hydrogen (secondary N) is 1. The van der Waals surface area contributed by atoms with E-state index in [1.165, 1.54) is 4.88 Å². The van der Waals surface area contributed by atoms with Gasteiger partial charge in [0.05, 0.1) is 23.0 Å². The molecule has 1 unspecified atom stereocenters. The number of furan rings is 1. The molecule has 0 aliphatic carbocycles. The van der Waals surface area contributed by atoms with Gasteiger partial charge in [0.1, 0.15) is 5.76 Å². The van der Waals surface area contributed by atoms with Crippen LogP contribution in [0.2, 0.25) is 0 Å². The van der Waals surface area contributed by atoms with E-state index in [9.17, 15) is 0 Å². The van der Waals surface area contributed by atoms with Crippen LogP contribution in [0, 0.1) is 13.8 Å². The van der Waals surface area contributed by atoms with E-state index in [1.54, 1.807) is 17.6 Å². The summed E-state index contributed by atoms with van der Waals surface area (Å²) >= 11 is 1.78. The molecule has 0 aromatic carbocycles. The highest BCUT2D eigenvalue weighted by Crippen LogP contribution is 2.27. The molecule has 0 aliphatic heterocycles. The highest BCUT2D eigenvalue weighted by atomic mass is 32.1. The van der Waals surface area contributed by atoms with Gasteiger partial charge in [-0.2, -0.15) is 0 Å². The normalized spacial score (nSPS) is 12.8. The molecule has 0 spiro atoms. The largest absolute Gasteiger partial charge is 0.469 e. The van der Waals surface area contributed by atoms with Crippen molar-refractivity contribution in [2.75, 3.05) is 6.54 Å². The Bertz CT molecular complexity index is 476. The van der Waals surface area contributed by atoms with E-state index < -0.39 is 0 Å². The van der Waals surface area contributed by atoms with Crippen molar-refractivity contribution in [3.63, 3.8) is 0 Å². The Balaban J connectivity index is 2.16. The summed E-state index contributed by atoms with van der Waals surface area (Å²) in [5.41, 5.74) is 1.14. The Labute approximate surface area is 112 Å². The van der Waals surface area contributed by atoms with Gasteiger partial charge in [-0.15, -0.1) is 11.3 Å². The summed E-state index contributed by atoms with van der Waals surface area (Å²) in [4.78, 5) is 5.85. The maximum atomic E-state index is 5.46. The van der Waals surface area contributed by atoms with Crippen molar-refractivity contribution >= 4 is 11.3 Å². The number of thiazole rings is 1. The van der Waals surface area contributed by atoms with Crippen LogP contribution in [0.4, 0.5) is 0 Å². The molecule has 4 heteroatoms. The lowest BCUT2D eigenvalue weighted by Gasteiger charge is -2.16. The lowest BCUT2D eigenvalue weighted by molar-refractivity contribution is 0.451. The third kappa shape index (κ3) is 3.21. The van der Waals surface area contributed by atoms with Crippen molar-refractivity contribution in [1.82, 2.24) is 10.3 Å². The molecule has 0 aliphatic rings. The van der Waals surface area contributed by atoms with Crippen LogP contribution in [0.25, 0.3) is 0 Å². The van der Waals surface area contributed by atoms with Crippen molar-refractivity contribution in [3.8, 4) is 0 Å². The molecule has 1 N–H and O–H groups in total. The zero-order valence-electron chi connectivity index (χ0n) is 11.2. The first-order valence-corrected chi connectivity index (χ1v) is 7.22. The molecule has 98 valence electrons. The lowest BCUT2D eigenvalue weighted by Crippen LogP contribution is -2.23. The molecule has 1 atom stereocenters. The monoisotopic (exact) mass is 264 g/mol. The molecule has 0 fully saturated rings.